The molecule has 25 heavy (non-hydrogen) atoms. The van der Waals surface area contributed by atoms with E-state index in [-0.39, 0.29) is 6.04 Å². The van der Waals surface area contributed by atoms with E-state index < -0.39 is 10.0 Å². The predicted octanol–water partition coefficient (Wildman–Crippen LogP) is 2.80. The van der Waals surface area contributed by atoms with Crippen LogP contribution in [0.3, 0.4) is 0 Å². The van der Waals surface area contributed by atoms with Crippen LogP contribution in [-0.4, -0.2) is 56.7 Å². The second-order valence-corrected chi connectivity index (χ2v) is 10.3. The summed E-state index contributed by atoms with van der Waals surface area (Å²) in [5.41, 5.74) is 2.66. The highest BCUT2D eigenvalue weighted by molar-refractivity contribution is 9.10. The minimum Gasteiger partial charge on any atom is -0.496 e. The maximum atomic E-state index is 12.3. The first-order valence-corrected chi connectivity index (χ1v) is 11.6. The van der Waals surface area contributed by atoms with Crippen LogP contribution >= 0.6 is 15.9 Å². The van der Waals surface area contributed by atoms with Gasteiger partial charge in [-0.15, -0.1) is 0 Å². The molecule has 7 heteroatoms. The monoisotopic (exact) mass is 428 g/mol. The van der Waals surface area contributed by atoms with Crippen molar-refractivity contribution < 1.29 is 13.2 Å². The van der Waals surface area contributed by atoms with Crippen LogP contribution < -0.4 is 4.74 Å². The first-order chi connectivity index (χ1) is 11.9. The first kappa shape index (κ1) is 17.8. The van der Waals surface area contributed by atoms with E-state index in [0.29, 0.717) is 18.5 Å². The zero-order chi connectivity index (χ0) is 17.8. The summed E-state index contributed by atoms with van der Waals surface area (Å²) >= 11 is 3.61. The molecule has 0 amide bonds. The van der Waals surface area contributed by atoms with Crippen molar-refractivity contribution in [3.8, 4) is 5.75 Å². The van der Waals surface area contributed by atoms with Crippen LogP contribution in [0.15, 0.2) is 16.6 Å². The Balaban J connectivity index is 1.69. The molecular formula is C18H25BrN2O3S. The highest BCUT2D eigenvalue weighted by Crippen LogP contribution is 2.45. The molecule has 0 unspecified atom stereocenters. The molecule has 0 saturated carbocycles. The summed E-state index contributed by atoms with van der Waals surface area (Å²) in [6.45, 7) is 2.72. The Morgan fingerprint density at radius 2 is 2.08 bits per heavy atom. The Morgan fingerprint density at radius 3 is 2.80 bits per heavy atom. The fourth-order valence-corrected chi connectivity index (χ4v) is 6.71. The SMILES string of the molecule is COc1cc2c(cc1Br)[C@@H]1C[C@H]3[C@H](CCCN3S(C)(=O)=O)CN1CC2. The highest BCUT2D eigenvalue weighted by atomic mass is 79.9. The number of benzene rings is 1. The van der Waals surface area contributed by atoms with Gasteiger partial charge in [-0.3, -0.25) is 4.90 Å². The van der Waals surface area contributed by atoms with Crippen molar-refractivity contribution in [2.45, 2.75) is 37.8 Å². The van der Waals surface area contributed by atoms with Crippen molar-refractivity contribution >= 4 is 26.0 Å². The molecule has 3 atom stereocenters. The summed E-state index contributed by atoms with van der Waals surface area (Å²) in [6, 6.07) is 4.75. The van der Waals surface area contributed by atoms with Crippen molar-refractivity contribution in [2.24, 2.45) is 5.92 Å². The standard InChI is InChI=1S/C18H25BrN2O3S/c1-24-18-8-12-5-7-20-11-13-4-3-6-21(25(2,22)23)16(13)10-17(20)14(12)9-15(18)19/h8-9,13,16-17H,3-7,10-11H2,1-2H3/t13-,16+,17+/m1/s1. The van der Waals surface area contributed by atoms with E-state index in [4.69, 9.17) is 4.74 Å². The van der Waals surface area contributed by atoms with Gasteiger partial charge in [0.05, 0.1) is 17.8 Å². The normalized spacial score (nSPS) is 30.3. The molecule has 0 N–H and O–H groups in total. The average Bonchev–Trinajstić information content (AvgIpc) is 2.58. The van der Waals surface area contributed by atoms with E-state index >= 15 is 0 Å². The van der Waals surface area contributed by atoms with E-state index in [1.54, 1.807) is 11.4 Å². The number of sulfonamides is 1. The van der Waals surface area contributed by atoms with Crippen LogP contribution in [0.2, 0.25) is 0 Å². The number of halogens is 1. The molecule has 2 saturated heterocycles. The van der Waals surface area contributed by atoms with Crippen LogP contribution in [0, 0.1) is 5.92 Å². The zero-order valence-electron chi connectivity index (χ0n) is 14.7. The maximum absolute atomic E-state index is 12.3. The van der Waals surface area contributed by atoms with Gasteiger partial charge in [-0.2, -0.15) is 4.31 Å². The number of nitrogens with zero attached hydrogens (tertiary/aromatic N) is 2. The van der Waals surface area contributed by atoms with E-state index in [2.05, 4.69) is 33.0 Å². The zero-order valence-corrected chi connectivity index (χ0v) is 17.1. The van der Waals surface area contributed by atoms with Crippen LogP contribution in [0.25, 0.3) is 0 Å². The highest BCUT2D eigenvalue weighted by Gasteiger charge is 2.45. The molecule has 0 spiro atoms. The van der Waals surface area contributed by atoms with E-state index in [1.165, 1.54) is 17.4 Å². The quantitative estimate of drug-likeness (QED) is 0.726. The fraction of sp³-hybridized carbons (Fsp3) is 0.667. The molecule has 4 rings (SSSR count). The summed E-state index contributed by atoms with van der Waals surface area (Å²) in [4.78, 5) is 2.56. The van der Waals surface area contributed by atoms with Gasteiger partial charge in [-0.1, -0.05) is 0 Å². The molecule has 0 aliphatic carbocycles. The van der Waals surface area contributed by atoms with Gasteiger partial charge in [0.25, 0.3) is 0 Å². The molecule has 0 radical (unpaired) electrons. The van der Waals surface area contributed by atoms with Crippen LogP contribution in [0.5, 0.6) is 5.75 Å². The molecule has 2 fully saturated rings. The number of methoxy groups -OCH3 is 1. The summed E-state index contributed by atoms with van der Waals surface area (Å²) in [5, 5.41) is 0. The van der Waals surface area contributed by atoms with Gasteiger partial charge >= 0.3 is 0 Å². The van der Waals surface area contributed by atoms with Crippen LogP contribution in [0.4, 0.5) is 0 Å². The van der Waals surface area contributed by atoms with Crippen LogP contribution in [0.1, 0.15) is 36.4 Å². The number of hydrogen-bond donors (Lipinski definition) is 0. The Hall–Kier alpha value is -0.630. The molecule has 3 heterocycles. The smallest absolute Gasteiger partial charge is 0.211 e. The largest absolute Gasteiger partial charge is 0.496 e. The molecular weight excluding hydrogens is 404 g/mol. The van der Waals surface area contributed by atoms with E-state index in [0.717, 1.165) is 49.0 Å². The van der Waals surface area contributed by atoms with Gasteiger partial charge in [0.2, 0.25) is 10.0 Å². The van der Waals surface area contributed by atoms with Gasteiger partial charge in [-0.05, 0) is 70.8 Å². The Morgan fingerprint density at radius 1 is 1.28 bits per heavy atom. The Kier molecular flexibility index (Phi) is 4.63. The number of piperidine rings is 2. The van der Waals surface area contributed by atoms with E-state index in [1.807, 2.05) is 0 Å². The predicted molar refractivity (Wildman–Crippen MR) is 101 cm³/mol. The van der Waals surface area contributed by atoms with Crippen molar-refractivity contribution in [2.75, 3.05) is 33.0 Å². The number of hydrogen-bond acceptors (Lipinski definition) is 4. The minimum atomic E-state index is -3.14. The fourth-order valence-electron chi connectivity index (χ4n) is 4.97. The maximum Gasteiger partial charge on any atom is 0.211 e. The van der Waals surface area contributed by atoms with Crippen molar-refractivity contribution in [1.29, 1.82) is 0 Å². The van der Waals surface area contributed by atoms with Crippen LogP contribution in [-0.2, 0) is 16.4 Å². The number of rotatable bonds is 2. The molecule has 5 nitrogen and oxygen atoms in total. The number of ether oxygens (including phenoxy) is 1. The van der Waals surface area contributed by atoms with Gasteiger partial charge in [0, 0.05) is 31.7 Å². The molecule has 1 aromatic rings. The third-order valence-corrected chi connectivity index (χ3v) is 8.03. The lowest BCUT2D eigenvalue weighted by Crippen LogP contribution is -2.57. The number of fused-ring (bicyclic) bond motifs is 4. The lowest BCUT2D eigenvalue weighted by Gasteiger charge is -2.51. The lowest BCUT2D eigenvalue weighted by atomic mass is 9.77. The Bertz CT molecular complexity index is 783. The molecule has 0 aromatic heterocycles. The molecule has 0 bridgehead atoms. The molecule has 1 aromatic carbocycles. The molecule has 138 valence electrons. The van der Waals surface area contributed by atoms with Crippen molar-refractivity contribution in [3.05, 3.63) is 27.7 Å². The third-order valence-electron chi connectivity index (χ3n) is 6.11. The lowest BCUT2D eigenvalue weighted by molar-refractivity contribution is 0.0222. The molecule has 3 aliphatic heterocycles. The van der Waals surface area contributed by atoms with Crippen molar-refractivity contribution in [3.63, 3.8) is 0 Å². The topological polar surface area (TPSA) is 49.9 Å². The summed E-state index contributed by atoms with van der Waals surface area (Å²) in [7, 11) is -1.45. The van der Waals surface area contributed by atoms with Gasteiger partial charge in [0.15, 0.2) is 0 Å². The van der Waals surface area contributed by atoms with Gasteiger partial charge in [0.1, 0.15) is 5.75 Å². The van der Waals surface area contributed by atoms with Gasteiger partial charge < -0.3 is 4.74 Å². The minimum absolute atomic E-state index is 0.136. The second kappa shape index (κ2) is 6.51. The van der Waals surface area contributed by atoms with Crippen molar-refractivity contribution in [1.82, 2.24) is 9.21 Å². The van der Waals surface area contributed by atoms with E-state index in [9.17, 15) is 8.42 Å². The summed E-state index contributed by atoms with van der Waals surface area (Å²) in [6.07, 6.45) is 5.40. The second-order valence-electron chi connectivity index (χ2n) is 7.53. The first-order valence-electron chi connectivity index (χ1n) is 8.95. The summed E-state index contributed by atoms with van der Waals surface area (Å²) < 4.78 is 32.7. The Labute approximate surface area is 158 Å². The average molecular weight is 429 g/mol. The third kappa shape index (κ3) is 3.13. The van der Waals surface area contributed by atoms with Gasteiger partial charge in [-0.25, -0.2) is 8.42 Å². The molecule has 3 aliphatic rings. The summed E-state index contributed by atoms with van der Waals surface area (Å²) in [5.74, 6) is 1.33.